The fourth-order valence-corrected chi connectivity index (χ4v) is 3.11. The summed E-state index contributed by atoms with van der Waals surface area (Å²) in [6.45, 7) is 0.915. The number of imide groups is 1. The maximum atomic E-state index is 12.4. The minimum atomic E-state index is -0.643. The van der Waals surface area contributed by atoms with Crippen molar-refractivity contribution in [2.24, 2.45) is 0 Å². The SMILES string of the molecule is O=C1NC(=O)[C@H](CCC(=O)N2CCc3oc(-c4cccnc4)nc3C2)N1. The van der Waals surface area contributed by atoms with Crippen LogP contribution in [0.25, 0.3) is 11.5 Å². The molecule has 1 fully saturated rings. The minimum Gasteiger partial charge on any atom is -0.441 e. The third kappa shape index (κ3) is 3.15. The first-order valence-corrected chi connectivity index (χ1v) is 8.38. The molecule has 2 aliphatic rings. The van der Waals surface area contributed by atoms with Gasteiger partial charge in [-0.05, 0) is 18.6 Å². The number of oxazole rings is 1. The average Bonchev–Trinajstić information content (AvgIpc) is 3.22. The number of hydrogen-bond donors (Lipinski definition) is 2. The highest BCUT2D eigenvalue weighted by atomic mass is 16.4. The summed E-state index contributed by atoms with van der Waals surface area (Å²) in [5, 5.41) is 4.66. The molecule has 2 aromatic heterocycles. The smallest absolute Gasteiger partial charge is 0.322 e. The second kappa shape index (κ2) is 6.58. The molecular formula is C17H17N5O4. The summed E-state index contributed by atoms with van der Waals surface area (Å²) in [6.07, 6.45) is 4.41. The first-order valence-electron chi connectivity index (χ1n) is 8.38. The lowest BCUT2D eigenvalue weighted by Gasteiger charge is -2.25. The van der Waals surface area contributed by atoms with Crippen molar-refractivity contribution in [2.75, 3.05) is 6.54 Å². The van der Waals surface area contributed by atoms with Gasteiger partial charge in [-0.15, -0.1) is 0 Å². The van der Waals surface area contributed by atoms with E-state index in [1.807, 2.05) is 12.1 Å². The number of carbonyl (C=O) groups is 3. The Balaban J connectivity index is 1.39. The number of fused-ring (bicyclic) bond motifs is 1. The molecule has 2 N–H and O–H groups in total. The number of rotatable bonds is 4. The highest BCUT2D eigenvalue weighted by molar-refractivity contribution is 6.04. The number of hydrogen-bond acceptors (Lipinski definition) is 6. The lowest BCUT2D eigenvalue weighted by molar-refractivity contribution is -0.132. The van der Waals surface area contributed by atoms with E-state index in [-0.39, 0.29) is 24.7 Å². The molecule has 4 amide bonds. The normalized spacial score (nSPS) is 19.1. The zero-order chi connectivity index (χ0) is 18.1. The second-order valence-corrected chi connectivity index (χ2v) is 6.25. The second-order valence-electron chi connectivity index (χ2n) is 6.25. The first kappa shape index (κ1) is 16.2. The molecule has 0 radical (unpaired) electrons. The summed E-state index contributed by atoms with van der Waals surface area (Å²) >= 11 is 0. The molecule has 134 valence electrons. The van der Waals surface area contributed by atoms with Crippen LogP contribution in [0.1, 0.15) is 24.3 Å². The van der Waals surface area contributed by atoms with Crippen LogP contribution in [-0.4, -0.2) is 45.3 Å². The van der Waals surface area contributed by atoms with Crippen molar-refractivity contribution in [2.45, 2.75) is 31.8 Å². The van der Waals surface area contributed by atoms with E-state index < -0.39 is 12.1 Å². The topological polar surface area (TPSA) is 117 Å². The van der Waals surface area contributed by atoms with Crippen molar-refractivity contribution in [3.63, 3.8) is 0 Å². The minimum absolute atomic E-state index is 0.0736. The molecule has 1 saturated heterocycles. The number of nitrogens with one attached hydrogen (secondary N) is 2. The van der Waals surface area contributed by atoms with Gasteiger partial charge in [-0.25, -0.2) is 9.78 Å². The lowest BCUT2D eigenvalue weighted by atomic mass is 10.1. The molecule has 26 heavy (non-hydrogen) atoms. The van der Waals surface area contributed by atoms with Crippen molar-refractivity contribution < 1.29 is 18.8 Å². The van der Waals surface area contributed by atoms with E-state index in [4.69, 9.17) is 4.42 Å². The summed E-state index contributed by atoms with van der Waals surface area (Å²) in [5.74, 6) is 0.829. The Labute approximate surface area is 148 Å². The van der Waals surface area contributed by atoms with Gasteiger partial charge in [-0.1, -0.05) is 0 Å². The molecule has 0 unspecified atom stereocenters. The summed E-state index contributed by atoms with van der Waals surface area (Å²) in [5.41, 5.74) is 1.54. The molecule has 0 spiro atoms. The fourth-order valence-electron chi connectivity index (χ4n) is 3.11. The van der Waals surface area contributed by atoms with Gasteiger partial charge in [-0.3, -0.25) is 19.9 Å². The zero-order valence-corrected chi connectivity index (χ0v) is 13.9. The van der Waals surface area contributed by atoms with Crippen LogP contribution in [0.15, 0.2) is 28.9 Å². The summed E-state index contributed by atoms with van der Waals surface area (Å²) in [6, 6.07) is 2.53. The van der Waals surface area contributed by atoms with Crippen molar-refractivity contribution in [1.82, 2.24) is 25.5 Å². The Morgan fingerprint density at radius 2 is 2.27 bits per heavy atom. The van der Waals surface area contributed by atoms with E-state index in [0.29, 0.717) is 25.4 Å². The Hall–Kier alpha value is -3.23. The van der Waals surface area contributed by atoms with E-state index >= 15 is 0 Å². The molecule has 9 nitrogen and oxygen atoms in total. The monoisotopic (exact) mass is 355 g/mol. The van der Waals surface area contributed by atoms with Crippen molar-refractivity contribution >= 4 is 17.8 Å². The average molecular weight is 355 g/mol. The number of aromatic nitrogens is 2. The van der Waals surface area contributed by atoms with Gasteiger partial charge in [0.05, 0.1) is 12.1 Å². The molecule has 4 rings (SSSR count). The van der Waals surface area contributed by atoms with Crippen LogP contribution < -0.4 is 10.6 Å². The number of nitrogens with zero attached hydrogens (tertiary/aromatic N) is 3. The Morgan fingerprint density at radius 3 is 3.00 bits per heavy atom. The van der Waals surface area contributed by atoms with E-state index in [9.17, 15) is 14.4 Å². The van der Waals surface area contributed by atoms with Gasteiger partial charge in [0.25, 0.3) is 5.91 Å². The first-order chi connectivity index (χ1) is 12.6. The van der Waals surface area contributed by atoms with Crippen LogP contribution in [0.4, 0.5) is 4.79 Å². The molecule has 9 heteroatoms. The number of urea groups is 1. The molecule has 2 aromatic rings. The van der Waals surface area contributed by atoms with Gasteiger partial charge >= 0.3 is 6.03 Å². The quantitative estimate of drug-likeness (QED) is 0.776. The standard InChI is InChI=1S/C17H17N5O4/c23-14(4-3-11-15(24)21-17(25)20-11)22-7-5-13-12(9-22)19-16(26-13)10-2-1-6-18-8-10/h1-2,6,8,11H,3-5,7,9H2,(H2,20,21,24,25)/t11-/m0/s1. The molecule has 4 heterocycles. The Kier molecular flexibility index (Phi) is 4.11. The van der Waals surface area contributed by atoms with Crippen molar-refractivity contribution in [3.05, 3.63) is 36.0 Å². The van der Waals surface area contributed by atoms with Gasteiger partial charge < -0.3 is 14.6 Å². The summed E-state index contributed by atoms with van der Waals surface area (Å²) in [7, 11) is 0. The molecular weight excluding hydrogens is 338 g/mol. The van der Waals surface area contributed by atoms with Crippen LogP contribution in [0.5, 0.6) is 0 Å². The van der Waals surface area contributed by atoms with Crippen LogP contribution >= 0.6 is 0 Å². The number of carbonyl (C=O) groups excluding carboxylic acids is 3. The van der Waals surface area contributed by atoms with Crippen molar-refractivity contribution in [1.29, 1.82) is 0 Å². The molecule has 2 aliphatic heterocycles. The molecule has 0 aromatic carbocycles. The fraction of sp³-hybridized carbons (Fsp3) is 0.353. The van der Waals surface area contributed by atoms with E-state index in [1.54, 1.807) is 17.3 Å². The molecule has 1 atom stereocenters. The molecule has 0 aliphatic carbocycles. The predicted octanol–water partition coefficient (Wildman–Crippen LogP) is 0.609. The van der Waals surface area contributed by atoms with Gasteiger partial charge in [0, 0.05) is 31.8 Å². The van der Waals surface area contributed by atoms with Gasteiger partial charge in [-0.2, -0.15) is 0 Å². The number of pyridine rings is 1. The van der Waals surface area contributed by atoms with Crippen LogP contribution in [0.3, 0.4) is 0 Å². The largest absolute Gasteiger partial charge is 0.441 e. The van der Waals surface area contributed by atoms with E-state index in [2.05, 4.69) is 20.6 Å². The van der Waals surface area contributed by atoms with Gasteiger partial charge in [0.15, 0.2) is 0 Å². The highest BCUT2D eigenvalue weighted by Crippen LogP contribution is 2.26. The third-order valence-corrected chi connectivity index (χ3v) is 4.49. The molecule has 0 bridgehead atoms. The Morgan fingerprint density at radius 1 is 1.38 bits per heavy atom. The van der Waals surface area contributed by atoms with Gasteiger partial charge in [0.1, 0.15) is 17.5 Å². The summed E-state index contributed by atoms with van der Waals surface area (Å²) < 4.78 is 5.80. The highest BCUT2D eigenvalue weighted by Gasteiger charge is 2.31. The zero-order valence-electron chi connectivity index (χ0n) is 13.9. The number of amides is 4. The van der Waals surface area contributed by atoms with Crippen LogP contribution in [0, 0.1) is 0 Å². The summed E-state index contributed by atoms with van der Waals surface area (Å²) in [4.78, 5) is 45.3. The molecule has 0 saturated carbocycles. The van der Waals surface area contributed by atoms with Crippen LogP contribution in [-0.2, 0) is 22.6 Å². The van der Waals surface area contributed by atoms with E-state index in [1.165, 1.54) is 0 Å². The Bertz CT molecular complexity index is 863. The third-order valence-electron chi connectivity index (χ3n) is 4.49. The van der Waals surface area contributed by atoms with Crippen LogP contribution in [0.2, 0.25) is 0 Å². The van der Waals surface area contributed by atoms with Gasteiger partial charge in [0.2, 0.25) is 11.8 Å². The van der Waals surface area contributed by atoms with E-state index in [0.717, 1.165) is 17.0 Å². The van der Waals surface area contributed by atoms with Crippen molar-refractivity contribution in [3.8, 4) is 11.5 Å². The lowest BCUT2D eigenvalue weighted by Crippen LogP contribution is -2.37. The maximum absolute atomic E-state index is 12.4. The predicted molar refractivity (Wildman–Crippen MR) is 88.6 cm³/mol. The maximum Gasteiger partial charge on any atom is 0.322 e.